The van der Waals surface area contributed by atoms with E-state index in [4.69, 9.17) is 10.2 Å². The van der Waals surface area contributed by atoms with Crippen molar-refractivity contribution in [1.29, 1.82) is 0 Å². The van der Waals surface area contributed by atoms with E-state index in [9.17, 15) is 9.59 Å². The first-order chi connectivity index (χ1) is 6.64. The van der Waals surface area contributed by atoms with Gasteiger partial charge in [-0.3, -0.25) is 9.59 Å². The number of hydrogen-bond donors (Lipinski definition) is 2. The molecule has 0 aliphatic carbocycles. The monoisotopic (exact) mass is 217 g/mol. The molecule has 88 valence electrons. The Morgan fingerprint density at radius 1 is 1.27 bits per heavy atom. The lowest BCUT2D eigenvalue weighted by Crippen LogP contribution is -2.43. The lowest BCUT2D eigenvalue weighted by atomic mass is 10.0. The Balaban J connectivity index is 4.42. The molecular weight excluding hydrogens is 198 g/mol. The first kappa shape index (κ1) is 13.9. The highest BCUT2D eigenvalue weighted by Gasteiger charge is 2.26. The molecule has 2 N–H and O–H groups in total. The van der Waals surface area contributed by atoms with Crippen molar-refractivity contribution in [3.8, 4) is 0 Å². The van der Waals surface area contributed by atoms with Crippen molar-refractivity contribution in [2.24, 2.45) is 5.92 Å². The van der Waals surface area contributed by atoms with Crippen LogP contribution in [0.3, 0.4) is 0 Å². The first-order valence-corrected chi connectivity index (χ1v) is 4.80. The van der Waals surface area contributed by atoms with Crippen molar-refractivity contribution in [2.45, 2.75) is 32.7 Å². The van der Waals surface area contributed by atoms with E-state index >= 15 is 0 Å². The molecule has 5 nitrogen and oxygen atoms in total. The molecule has 1 unspecified atom stereocenters. The van der Waals surface area contributed by atoms with Crippen LogP contribution in [-0.2, 0) is 9.59 Å². The van der Waals surface area contributed by atoms with Crippen LogP contribution in [0, 0.1) is 5.92 Å². The van der Waals surface area contributed by atoms with E-state index in [0.29, 0.717) is 0 Å². The molecule has 0 bridgehead atoms. The predicted octanol–water partition coefficient (Wildman–Crippen LogP) is 0.892. The van der Waals surface area contributed by atoms with E-state index in [1.54, 1.807) is 7.05 Å². The number of aliphatic carboxylic acids is 2. The van der Waals surface area contributed by atoms with Gasteiger partial charge in [-0.05, 0) is 27.8 Å². The summed E-state index contributed by atoms with van der Waals surface area (Å²) in [6.07, 6.45) is -0.338. The highest BCUT2D eigenvalue weighted by Crippen LogP contribution is 2.14. The average molecular weight is 217 g/mol. The van der Waals surface area contributed by atoms with Crippen LogP contribution in [0.25, 0.3) is 0 Å². The van der Waals surface area contributed by atoms with Crippen LogP contribution in [0.4, 0.5) is 0 Å². The molecule has 0 aliphatic rings. The molecule has 1 atom stereocenters. The van der Waals surface area contributed by atoms with Gasteiger partial charge in [-0.2, -0.15) is 0 Å². The molecule has 0 saturated heterocycles. The third-order valence-electron chi connectivity index (χ3n) is 2.41. The van der Waals surface area contributed by atoms with E-state index in [-0.39, 0.29) is 18.5 Å². The molecule has 0 spiro atoms. The molecule has 0 aliphatic heterocycles. The van der Waals surface area contributed by atoms with Gasteiger partial charge in [0.15, 0.2) is 0 Å². The van der Waals surface area contributed by atoms with Gasteiger partial charge in [-0.15, -0.1) is 0 Å². The lowest BCUT2D eigenvalue weighted by Gasteiger charge is -2.33. The summed E-state index contributed by atoms with van der Waals surface area (Å²) in [7, 11) is 1.79. The van der Waals surface area contributed by atoms with E-state index < -0.39 is 17.9 Å². The maximum atomic E-state index is 10.8. The van der Waals surface area contributed by atoms with Crippen LogP contribution in [0.1, 0.15) is 27.2 Å². The van der Waals surface area contributed by atoms with Gasteiger partial charge in [0.25, 0.3) is 0 Å². The second-order valence-electron chi connectivity index (χ2n) is 4.68. The molecule has 0 radical (unpaired) electrons. The van der Waals surface area contributed by atoms with Gasteiger partial charge in [0.1, 0.15) is 0 Å². The number of hydrogen-bond acceptors (Lipinski definition) is 3. The topological polar surface area (TPSA) is 77.8 Å². The smallest absolute Gasteiger partial charge is 0.308 e. The van der Waals surface area contributed by atoms with Crippen molar-refractivity contribution >= 4 is 11.9 Å². The molecule has 0 saturated carbocycles. The Hall–Kier alpha value is -1.10. The minimum Gasteiger partial charge on any atom is -0.481 e. The summed E-state index contributed by atoms with van der Waals surface area (Å²) >= 11 is 0. The average Bonchev–Trinajstić information content (AvgIpc) is 1.99. The number of rotatable bonds is 5. The van der Waals surface area contributed by atoms with Gasteiger partial charge in [-0.1, -0.05) is 0 Å². The zero-order valence-corrected chi connectivity index (χ0v) is 9.65. The molecule has 15 heavy (non-hydrogen) atoms. The fraction of sp³-hybridized carbons (Fsp3) is 0.800. The van der Waals surface area contributed by atoms with Crippen LogP contribution in [0.2, 0.25) is 0 Å². The predicted molar refractivity (Wildman–Crippen MR) is 55.8 cm³/mol. The summed E-state index contributed by atoms with van der Waals surface area (Å²) in [5.74, 6) is -3.00. The highest BCUT2D eigenvalue weighted by atomic mass is 16.4. The summed E-state index contributed by atoms with van der Waals surface area (Å²) in [5.41, 5.74) is -0.161. The van der Waals surface area contributed by atoms with Crippen molar-refractivity contribution in [3.05, 3.63) is 0 Å². The zero-order valence-electron chi connectivity index (χ0n) is 9.65. The van der Waals surface area contributed by atoms with Gasteiger partial charge in [0, 0.05) is 12.1 Å². The van der Waals surface area contributed by atoms with Crippen LogP contribution in [0.5, 0.6) is 0 Å². The molecule has 0 fully saturated rings. The standard InChI is InChI=1S/C10H19NO4/c1-10(2,3)11(4)6-7(9(14)15)5-8(12)13/h7H,5-6H2,1-4H3,(H,12,13)(H,14,15). The summed E-state index contributed by atoms with van der Waals surface area (Å²) in [4.78, 5) is 23.1. The minimum absolute atomic E-state index is 0.161. The zero-order chi connectivity index (χ0) is 12.2. The van der Waals surface area contributed by atoms with Gasteiger partial charge in [0.2, 0.25) is 0 Å². The van der Waals surface area contributed by atoms with Gasteiger partial charge >= 0.3 is 11.9 Å². The molecule has 0 aromatic heterocycles. The second-order valence-corrected chi connectivity index (χ2v) is 4.68. The fourth-order valence-corrected chi connectivity index (χ4v) is 1.05. The maximum Gasteiger partial charge on any atom is 0.308 e. The Kier molecular flexibility index (Phi) is 4.74. The molecule has 0 aromatic rings. The Bertz CT molecular complexity index is 244. The van der Waals surface area contributed by atoms with Gasteiger partial charge in [-0.25, -0.2) is 0 Å². The van der Waals surface area contributed by atoms with E-state index in [0.717, 1.165) is 0 Å². The largest absolute Gasteiger partial charge is 0.481 e. The minimum atomic E-state index is -1.08. The number of carbonyl (C=O) groups is 2. The number of carboxylic acids is 2. The third-order valence-corrected chi connectivity index (χ3v) is 2.41. The molecule has 0 heterocycles. The van der Waals surface area contributed by atoms with Gasteiger partial charge in [0.05, 0.1) is 12.3 Å². The van der Waals surface area contributed by atoms with Crippen molar-refractivity contribution < 1.29 is 19.8 Å². The van der Waals surface area contributed by atoms with Crippen LogP contribution < -0.4 is 0 Å². The Morgan fingerprint density at radius 2 is 1.73 bits per heavy atom. The van der Waals surface area contributed by atoms with E-state index in [2.05, 4.69) is 0 Å². The van der Waals surface area contributed by atoms with Gasteiger partial charge < -0.3 is 15.1 Å². The second kappa shape index (κ2) is 5.11. The molecular formula is C10H19NO4. The lowest BCUT2D eigenvalue weighted by molar-refractivity contribution is -0.149. The van der Waals surface area contributed by atoms with E-state index in [1.807, 2.05) is 25.7 Å². The number of nitrogens with zero attached hydrogens (tertiary/aromatic N) is 1. The SMILES string of the molecule is CN(CC(CC(=O)O)C(=O)O)C(C)(C)C. The molecule has 0 aromatic carbocycles. The normalized spacial score (nSPS) is 13.9. The summed E-state index contributed by atoms with van der Waals surface area (Å²) < 4.78 is 0. The van der Waals surface area contributed by atoms with Crippen molar-refractivity contribution in [1.82, 2.24) is 4.90 Å². The molecule has 0 rings (SSSR count). The number of carboxylic acid groups (broad SMARTS) is 2. The Morgan fingerprint density at radius 3 is 2.00 bits per heavy atom. The Labute approximate surface area is 89.7 Å². The maximum absolute atomic E-state index is 10.8. The fourth-order valence-electron chi connectivity index (χ4n) is 1.05. The first-order valence-electron chi connectivity index (χ1n) is 4.80. The quantitative estimate of drug-likeness (QED) is 0.715. The summed E-state index contributed by atoms with van der Waals surface area (Å²) in [5, 5.41) is 17.4. The summed E-state index contributed by atoms with van der Waals surface area (Å²) in [6, 6.07) is 0. The van der Waals surface area contributed by atoms with Crippen LogP contribution in [0.15, 0.2) is 0 Å². The van der Waals surface area contributed by atoms with Crippen molar-refractivity contribution in [2.75, 3.05) is 13.6 Å². The molecule has 5 heteroatoms. The molecule has 0 amide bonds. The summed E-state index contributed by atoms with van der Waals surface area (Å²) in [6.45, 7) is 6.09. The van der Waals surface area contributed by atoms with Crippen LogP contribution >= 0.6 is 0 Å². The van der Waals surface area contributed by atoms with Crippen LogP contribution in [-0.4, -0.2) is 46.2 Å². The van der Waals surface area contributed by atoms with E-state index in [1.165, 1.54) is 0 Å². The van der Waals surface area contributed by atoms with Crippen molar-refractivity contribution in [3.63, 3.8) is 0 Å². The highest BCUT2D eigenvalue weighted by molar-refractivity contribution is 5.77. The third kappa shape index (κ3) is 5.37.